The van der Waals surface area contributed by atoms with Crippen LogP contribution in [0.5, 0.6) is 0 Å². The lowest BCUT2D eigenvalue weighted by atomic mass is 9.57. The van der Waals surface area contributed by atoms with E-state index in [1.54, 1.807) is 18.5 Å². The van der Waals surface area contributed by atoms with Gasteiger partial charge in [-0.2, -0.15) is 0 Å². The maximum Gasteiger partial charge on any atom is 0.338 e. The number of halogens is 2. The SMILES string of the molecule is CCOC(=O)C1=C(CN2CCN3C(=O)N(C4CC5CCC4(C(=O)O)CC5)C[C@@H]3C2)NC(c2nccs2)=N[C@H]1c1ccc(F)c(F)c1C. The van der Waals surface area contributed by atoms with Crippen molar-refractivity contribution >= 4 is 35.1 Å². The van der Waals surface area contributed by atoms with Crippen molar-refractivity contribution in [2.45, 2.75) is 64.1 Å². The van der Waals surface area contributed by atoms with Crippen LogP contribution in [0, 0.1) is 29.9 Å². The Labute approximate surface area is 275 Å². The number of esters is 1. The molecule has 250 valence electrons. The van der Waals surface area contributed by atoms with Crippen molar-refractivity contribution in [2.75, 3.05) is 39.3 Å². The molecule has 0 spiro atoms. The van der Waals surface area contributed by atoms with Gasteiger partial charge in [-0.3, -0.25) is 14.7 Å². The zero-order valence-corrected chi connectivity index (χ0v) is 27.2. The molecule has 8 rings (SSSR count). The second kappa shape index (κ2) is 12.3. The third-order valence-corrected chi connectivity index (χ3v) is 11.6. The number of nitrogens with one attached hydrogen (secondary N) is 1. The number of amides is 2. The normalized spacial score (nSPS) is 29.1. The predicted octanol–water partition coefficient (Wildman–Crippen LogP) is 4.09. The molecule has 3 atom stereocenters. The van der Waals surface area contributed by atoms with Crippen LogP contribution in [0.4, 0.5) is 13.6 Å². The highest BCUT2D eigenvalue weighted by molar-refractivity contribution is 7.11. The topological polar surface area (TPSA) is 128 Å². The van der Waals surface area contributed by atoms with Crippen molar-refractivity contribution in [3.8, 4) is 0 Å². The number of urea groups is 1. The van der Waals surface area contributed by atoms with Crippen molar-refractivity contribution in [3.05, 3.63) is 62.7 Å². The largest absolute Gasteiger partial charge is 0.481 e. The van der Waals surface area contributed by atoms with E-state index in [0.717, 1.165) is 25.3 Å². The molecular formula is C33H38F2N6O5S. The third-order valence-electron chi connectivity index (χ3n) is 10.8. The Morgan fingerprint density at radius 1 is 1.17 bits per heavy atom. The van der Waals surface area contributed by atoms with E-state index in [2.05, 4.69) is 15.2 Å². The van der Waals surface area contributed by atoms with Gasteiger partial charge in [-0.1, -0.05) is 6.07 Å². The number of aliphatic carboxylic acids is 1. The number of benzene rings is 1. The maximum atomic E-state index is 14.8. The van der Waals surface area contributed by atoms with Crippen LogP contribution in [0.3, 0.4) is 0 Å². The minimum Gasteiger partial charge on any atom is -0.481 e. The van der Waals surface area contributed by atoms with Crippen LogP contribution in [0.2, 0.25) is 0 Å². The van der Waals surface area contributed by atoms with E-state index in [4.69, 9.17) is 9.73 Å². The smallest absolute Gasteiger partial charge is 0.338 e. The van der Waals surface area contributed by atoms with Crippen molar-refractivity contribution in [2.24, 2.45) is 16.3 Å². The summed E-state index contributed by atoms with van der Waals surface area (Å²) < 4.78 is 34.5. The predicted molar refractivity (Wildman–Crippen MR) is 169 cm³/mol. The molecule has 2 aromatic rings. The lowest BCUT2D eigenvalue weighted by Gasteiger charge is -2.52. The highest BCUT2D eigenvalue weighted by Crippen LogP contribution is 2.53. The molecule has 3 saturated carbocycles. The minimum absolute atomic E-state index is 0.0500. The highest BCUT2D eigenvalue weighted by Gasteiger charge is 2.58. The molecule has 47 heavy (non-hydrogen) atoms. The molecule has 2 amide bonds. The summed E-state index contributed by atoms with van der Waals surface area (Å²) in [7, 11) is 0. The number of rotatable bonds is 8. The van der Waals surface area contributed by atoms with Crippen LogP contribution in [0.15, 0.2) is 40.0 Å². The number of carboxylic acid groups (broad SMARTS) is 1. The van der Waals surface area contributed by atoms with Crippen LogP contribution in [-0.2, 0) is 14.3 Å². The maximum absolute atomic E-state index is 14.8. The van der Waals surface area contributed by atoms with E-state index in [1.807, 2.05) is 9.80 Å². The van der Waals surface area contributed by atoms with Crippen molar-refractivity contribution in [3.63, 3.8) is 0 Å². The number of thiazole rings is 1. The summed E-state index contributed by atoms with van der Waals surface area (Å²) in [5.74, 6) is -2.54. The summed E-state index contributed by atoms with van der Waals surface area (Å²) in [5.41, 5.74) is 0.226. The number of nitrogens with zero attached hydrogens (tertiary/aromatic N) is 5. The van der Waals surface area contributed by atoms with Gasteiger partial charge in [0.1, 0.15) is 6.04 Å². The van der Waals surface area contributed by atoms with Crippen molar-refractivity contribution in [1.29, 1.82) is 0 Å². The van der Waals surface area contributed by atoms with E-state index in [1.165, 1.54) is 24.3 Å². The number of aliphatic imine (C=N–C) groups is 1. The fourth-order valence-corrected chi connectivity index (χ4v) is 8.91. The van der Waals surface area contributed by atoms with Gasteiger partial charge in [0, 0.05) is 56.0 Å². The van der Waals surface area contributed by atoms with Gasteiger partial charge in [0.2, 0.25) is 0 Å². The monoisotopic (exact) mass is 668 g/mol. The first-order valence-corrected chi connectivity index (χ1v) is 17.1. The summed E-state index contributed by atoms with van der Waals surface area (Å²) in [6, 6.07) is 0.960. The molecule has 11 nitrogen and oxygen atoms in total. The van der Waals surface area contributed by atoms with Crippen LogP contribution in [0.1, 0.15) is 61.2 Å². The van der Waals surface area contributed by atoms with Gasteiger partial charge in [0.05, 0.1) is 23.6 Å². The Morgan fingerprint density at radius 3 is 2.66 bits per heavy atom. The van der Waals surface area contributed by atoms with E-state index in [9.17, 15) is 28.3 Å². The summed E-state index contributed by atoms with van der Waals surface area (Å²) in [5, 5.41) is 16.0. The van der Waals surface area contributed by atoms with E-state index in [-0.39, 0.29) is 42.4 Å². The quantitative estimate of drug-likeness (QED) is 0.403. The average molecular weight is 669 g/mol. The number of amidine groups is 1. The molecule has 3 aliphatic heterocycles. The minimum atomic E-state index is -1.00. The van der Waals surface area contributed by atoms with E-state index in [0.29, 0.717) is 67.0 Å². The third kappa shape index (κ3) is 5.38. The second-order valence-electron chi connectivity index (χ2n) is 13.2. The summed E-state index contributed by atoms with van der Waals surface area (Å²) >= 11 is 1.36. The van der Waals surface area contributed by atoms with Gasteiger partial charge in [-0.05, 0) is 69.1 Å². The van der Waals surface area contributed by atoms with Gasteiger partial charge in [0.15, 0.2) is 22.5 Å². The Balaban J connectivity index is 1.18. The molecule has 1 aromatic heterocycles. The zero-order valence-electron chi connectivity index (χ0n) is 26.4. The Bertz CT molecular complexity index is 1660. The first-order chi connectivity index (χ1) is 22.6. The molecule has 2 saturated heterocycles. The second-order valence-corrected chi connectivity index (χ2v) is 14.1. The molecule has 4 heterocycles. The number of carbonyl (C=O) groups excluding carboxylic acids is 2. The van der Waals surface area contributed by atoms with Gasteiger partial charge in [-0.25, -0.2) is 23.4 Å². The van der Waals surface area contributed by atoms with Crippen LogP contribution < -0.4 is 5.32 Å². The van der Waals surface area contributed by atoms with Crippen LogP contribution in [0.25, 0.3) is 0 Å². The molecule has 14 heteroatoms. The van der Waals surface area contributed by atoms with Crippen molar-refractivity contribution < 1.29 is 33.0 Å². The Kier molecular flexibility index (Phi) is 8.27. The highest BCUT2D eigenvalue weighted by atomic mass is 32.1. The van der Waals surface area contributed by atoms with E-state index < -0.39 is 35.0 Å². The first kappa shape index (κ1) is 31.7. The van der Waals surface area contributed by atoms with Gasteiger partial charge >= 0.3 is 18.0 Å². The molecule has 5 fully saturated rings. The molecule has 0 radical (unpaired) electrons. The lowest BCUT2D eigenvalue weighted by Crippen LogP contribution is -2.59. The molecule has 3 aliphatic carbocycles. The average Bonchev–Trinajstić information content (AvgIpc) is 3.72. The molecular weight excluding hydrogens is 630 g/mol. The standard InChI is InChI=1S/C33H38F2N6O5S/c1-3-46-30(42)25-23(37-28(29-36-10-13-47-29)38-27(25)21-4-5-22(34)26(35)18(21)2)17-39-11-12-40-20(15-39)16-41(32(40)45)24-14-19-6-8-33(24,9-7-19)31(43)44/h4-5,10,13,19-20,24,27H,3,6-9,11-12,14-17H2,1-2H3,(H,37,38)(H,43,44)/t19?,20-,24?,27-,33?/m0/s1. The molecule has 6 aliphatic rings. The zero-order chi connectivity index (χ0) is 33.0. The fraction of sp³-hybridized carbons (Fsp3) is 0.545. The number of carboxylic acids is 1. The summed E-state index contributed by atoms with van der Waals surface area (Å²) in [6.45, 7) is 5.49. The first-order valence-electron chi connectivity index (χ1n) is 16.2. The molecule has 1 aromatic carbocycles. The molecule has 2 N–H and O–H groups in total. The molecule has 1 unspecified atom stereocenters. The van der Waals surface area contributed by atoms with Crippen LogP contribution in [-0.4, -0.2) is 100 Å². The van der Waals surface area contributed by atoms with Gasteiger partial charge in [0.25, 0.3) is 0 Å². The van der Waals surface area contributed by atoms with Crippen LogP contribution >= 0.6 is 11.3 Å². The summed E-state index contributed by atoms with van der Waals surface area (Å²) in [6.07, 6.45) is 5.38. The molecule has 2 bridgehead atoms. The van der Waals surface area contributed by atoms with E-state index >= 15 is 0 Å². The van der Waals surface area contributed by atoms with Gasteiger partial charge < -0.3 is 25.0 Å². The summed E-state index contributed by atoms with van der Waals surface area (Å²) in [4.78, 5) is 54.9. The number of carbonyl (C=O) groups is 3. The lowest BCUT2D eigenvalue weighted by molar-refractivity contribution is -0.161. The Hall–Kier alpha value is -3.91. The fourth-order valence-electron chi connectivity index (χ4n) is 8.32. The van der Waals surface area contributed by atoms with Crippen molar-refractivity contribution in [1.82, 2.24) is 25.0 Å². The number of fused-ring (bicyclic) bond motifs is 4. The number of ether oxygens (including phenoxy) is 1. The van der Waals surface area contributed by atoms with Gasteiger partial charge in [-0.15, -0.1) is 11.3 Å². The number of hydrogen-bond acceptors (Lipinski definition) is 9. The Morgan fingerprint density at radius 2 is 1.96 bits per heavy atom. The number of aromatic nitrogens is 1. The number of hydrogen-bond donors (Lipinski definition) is 2. The number of piperazine rings is 1.